The van der Waals surface area contributed by atoms with Crippen molar-refractivity contribution in [3.8, 4) is 0 Å². The van der Waals surface area contributed by atoms with Crippen LogP contribution < -0.4 is 0 Å². The van der Waals surface area contributed by atoms with E-state index in [1.54, 1.807) is 6.07 Å². The van der Waals surface area contributed by atoms with Crippen LogP contribution in [0, 0.1) is 0 Å². The van der Waals surface area contributed by atoms with Crippen molar-refractivity contribution in [3.63, 3.8) is 0 Å². The molecule has 1 aromatic heterocycles. The number of hydrogen-bond donors (Lipinski definition) is 0. The van der Waals surface area contributed by atoms with Crippen molar-refractivity contribution in [2.24, 2.45) is 0 Å². The van der Waals surface area contributed by atoms with Crippen molar-refractivity contribution < 1.29 is 27.5 Å². The molecule has 3 fully saturated rings. The van der Waals surface area contributed by atoms with E-state index in [9.17, 15) is 22.8 Å². The van der Waals surface area contributed by atoms with Crippen LogP contribution >= 0.6 is 11.3 Å². The standard InChI is InChI=1S/C19H27N5O6S2/c1-14-10-22(11-15(2)30-14)32(28,29)21-7-5-20(6-8-21)13-24-18(26)17(25)23(19(24)27)12-16-4-3-9-31-16/h3-4,9,14-15H,5-8,10-13H2,1-2H3/t14-,15+. The number of imide groups is 2. The summed E-state index contributed by atoms with van der Waals surface area (Å²) in [5.74, 6) is -1.68. The van der Waals surface area contributed by atoms with Gasteiger partial charge in [-0.1, -0.05) is 6.07 Å². The van der Waals surface area contributed by atoms with Gasteiger partial charge in [0.05, 0.1) is 25.4 Å². The lowest BCUT2D eigenvalue weighted by Crippen LogP contribution is -2.58. The number of carbonyl (C=O) groups excluding carboxylic acids is 3. The van der Waals surface area contributed by atoms with Gasteiger partial charge < -0.3 is 4.74 Å². The maximum absolute atomic E-state index is 13.0. The van der Waals surface area contributed by atoms with Crippen LogP contribution in [0.5, 0.6) is 0 Å². The van der Waals surface area contributed by atoms with Crippen LogP contribution in [-0.2, 0) is 31.1 Å². The Morgan fingerprint density at radius 2 is 1.59 bits per heavy atom. The fourth-order valence-corrected chi connectivity index (χ4v) is 6.60. The van der Waals surface area contributed by atoms with E-state index in [-0.39, 0.29) is 38.5 Å². The molecule has 0 N–H and O–H groups in total. The smallest absolute Gasteiger partial charge is 0.335 e. The molecule has 0 unspecified atom stereocenters. The Kier molecular flexibility index (Phi) is 6.66. The third-order valence-electron chi connectivity index (χ3n) is 5.74. The Morgan fingerprint density at radius 1 is 0.969 bits per heavy atom. The molecule has 11 nitrogen and oxygen atoms in total. The predicted molar refractivity (Wildman–Crippen MR) is 116 cm³/mol. The van der Waals surface area contributed by atoms with Crippen LogP contribution in [0.3, 0.4) is 0 Å². The zero-order valence-corrected chi connectivity index (χ0v) is 19.7. The Morgan fingerprint density at radius 3 is 2.19 bits per heavy atom. The lowest BCUT2D eigenvalue weighted by molar-refractivity contribution is -0.144. The Hall–Kier alpha value is -1.90. The first kappa shape index (κ1) is 23.3. The van der Waals surface area contributed by atoms with Crippen LogP contribution in [-0.4, -0.2) is 108 Å². The summed E-state index contributed by atoms with van der Waals surface area (Å²) in [5, 5.41) is 1.84. The second-order valence-electron chi connectivity index (χ2n) is 8.23. The van der Waals surface area contributed by atoms with E-state index in [0.29, 0.717) is 26.2 Å². The summed E-state index contributed by atoms with van der Waals surface area (Å²) in [6, 6.07) is 2.98. The van der Waals surface area contributed by atoms with Crippen molar-refractivity contribution in [2.45, 2.75) is 32.6 Å². The molecule has 0 spiro atoms. The molecule has 0 radical (unpaired) electrons. The van der Waals surface area contributed by atoms with Crippen LogP contribution in [0.25, 0.3) is 0 Å². The molecule has 4 heterocycles. The molecule has 4 amide bonds. The number of hydrogen-bond acceptors (Lipinski definition) is 8. The summed E-state index contributed by atoms with van der Waals surface area (Å²) in [6.07, 6.45) is -0.340. The zero-order chi connectivity index (χ0) is 23.0. The van der Waals surface area contributed by atoms with Crippen LogP contribution in [0.2, 0.25) is 0 Å². The number of piperazine rings is 1. The SMILES string of the molecule is C[C@@H]1CN(S(=O)(=O)N2CCN(CN3C(=O)C(=O)N(Cc4cccs4)C3=O)CC2)C[C@H](C)O1. The molecule has 0 saturated carbocycles. The van der Waals surface area contributed by atoms with Gasteiger partial charge >= 0.3 is 17.8 Å². The van der Waals surface area contributed by atoms with Crippen molar-refractivity contribution in [1.82, 2.24) is 23.3 Å². The lowest BCUT2D eigenvalue weighted by atomic mass is 10.3. The van der Waals surface area contributed by atoms with Gasteiger partial charge in [0.15, 0.2) is 0 Å². The first-order valence-electron chi connectivity index (χ1n) is 10.5. The van der Waals surface area contributed by atoms with Gasteiger partial charge in [0.1, 0.15) is 0 Å². The highest BCUT2D eigenvalue weighted by atomic mass is 32.2. The van der Waals surface area contributed by atoms with Gasteiger partial charge in [0.25, 0.3) is 10.2 Å². The van der Waals surface area contributed by atoms with Crippen LogP contribution in [0.15, 0.2) is 17.5 Å². The highest BCUT2D eigenvalue weighted by molar-refractivity contribution is 7.86. The van der Waals surface area contributed by atoms with E-state index in [0.717, 1.165) is 14.7 Å². The van der Waals surface area contributed by atoms with Gasteiger partial charge in [-0.15, -0.1) is 11.3 Å². The van der Waals surface area contributed by atoms with Gasteiger partial charge in [0.2, 0.25) is 0 Å². The summed E-state index contributed by atoms with van der Waals surface area (Å²) in [6.45, 7) is 5.54. The molecule has 2 atom stereocenters. The topological polar surface area (TPSA) is 111 Å². The molecule has 4 rings (SSSR count). The average Bonchev–Trinajstić information content (AvgIpc) is 3.33. The molecule has 176 valence electrons. The van der Waals surface area contributed by atoms with Crippen molar-refractivity contribution >= 4 is 39.4 Å². The average molecular weight is 486 g/mol. The third-order valence-corrected chi connectivity index (χ3v) is 8.57. The molecule has 3 aliphatic heterocycles. The second-order valence-corrected chi connectivity index (χ2v) is 11.2. The van der Waals surface area contributed by atoms with Crippen molar-refractivity contribution in [1.29, 1.82) is 0 Å². The van der Waals surface area contributed by atoms with E-state index in [2.05, 4.69) is 0 Å². The minimum absolute atomic E-state index is 0.0378. The normalized spacial score (nSPS) is 27.0. The van der Waals surface area contributed by atoms with Crippen LogP contribution in [0.4, 0.5) is 4.79 Å². The minimum atomic E-state index is -3.62. The number of amides is 4. The molecule has 0 aromatic carbocycles. The van der Waals surface area contributed by atoms with E-state index < -0.39 is 28.1 Å². The van der Waals surface area contributed by atoms with Gasteiger partial charge in [0, 0.05) is 44.1 Å². The monoisotopic (exact) mass is 485 g/mol. The molecule has 0 bridgehead atoms. The van der Waals surface area contributed by atoms with Gasteiger partial charge in [-0.3, -0.25) is 19.4 Å². The summed E-state index contributed by atoms with van der Waals surface area (Å²) in [4.78, 5) is 41.9. The highest BCUT2D eigenvalue weighted by Gasteiger charge is 2.45. The number of carbonyl (C=O) groups is 3. The number of urea groups is 1. The fourth-order valence-electron chi connectivity index (χ4n) is 4.16. The van der Waals surface area contributed by atoms with Gasteiger partial charge in [-0.05, 0) is 25.3 Å². The summed E-state index contributed by atoms with van der Waals surface area (Å²) in [7, 11) is -3.62. The lowest BCUT2D eigenvalue weighted by Gasteiger charge is -2.40. The molecule has 3 aliphatic rings. The molecule has 3 saturated heterocycles. The zero-order valence-electron chi connectivity index (χ0n) is 18.0. The van der Waals surface area contributed by atoms with E-state index >= 15 is 0 Å². The second kappa shape index (κ2) is 9.15. The molecular weight excluding hydrogens is 458 g/mol. The van der Waals surface area contributed by atoms with Crippen molar-refractivity contribution in [2.75, 3.05) is 45.9 Å². The predicted octanol–water partition coefficient (Wildman–Crippen LogP) is -0.0320. The minimum Gasteiger partial charge on any atom is -0.373 e. The molecule has 32 heavy (non-hydrogen) atoms. The third kappa shape index (κ3) is 4.58. The van der Waals surface area contributed by atoms with E-state index in [1.807, 2.05) is 30.2 Å². The van der Waals surface area contributed by atoms with E-state index in [1.165, 1.54) is 19.9 Å². The highest BCUT2D eigenvalue weighted by Crippen LogP contribution is 2.21. The van der Waals surface area contributed by atoms with Gasteiger partial charge in [-0.25, -0.2) is 9.69 Å². The number of morpholine rings is 1. The van der Waals surface area contributed by atoms with Crippen LogP contribution in [0.1, 0.15) is 18.7 Å². The van der Waals surface area contributed by atoms with E-state index in [4.69, 9.17) is 4.74 Å². The maximum atomic E-state index is 13.0. The molecule has 0 aliphatic carbocycles. The first-order chi connectivity index (χ1) is 15.2. The number of nitrogens with zero attached hydrogens (tertiary/aromatic N) is 5. The number of ether oxygens (including phenoxy) is 1. The van der Waals surface area contributed by atoms with Crippen molar-refractivity contribution in [3.05, 3.63) is 22.4 Å². The quantitative estimate of drug-likeness (QED) is 0.411. The molecular formula is C19H27N5O6S2. The molecule has 13 heteroatoms. The molecule has 1 aromatic rings. The Balaban J connectivity index is 1.34. The summed E-state index contributed by atoms with van der Waals surface area (Å²) in [5.41, 5.74) is 0. The Labute approximate surface area is 191 Å². The number of rotatable bonds is 6. The fraction of sp³-hybridized carbons (Fsp3) is 0.632. The largest absolute Gasteiger partial charge is 0.373 e. The first-order valence-corrected chi connectivity index (χ1v) is 12.8. The summed E-state index contributed by atoms with van der Waals surface area (Å²) < 4.78 is 34.6. The maximum Gasteiger partial charge on any atom is 0.335 e. The summed E-state index contributed by atoms with van der Waals surface area (Å²) >= 11 is 1.41. The van der Waals surface area contributed by atoms with Gasteiger partial charge in [-0.2, -0.15) is 17.0 Å². The Bertz CT molecular complexity index is 966. The number of thiophene rings is 1.